The Bertz CT molecular complexity index is 1340. The van der Waals surface area contributed by atoms with Gasteiger partial charge in [-0.15, -0.1) is 0 Å². The van der Waals surface area contributed by atoms with E-state index in [1.54, 1.807) is 20.8 Å². The van der Waals surface area contributed by atoms with Crippen molar-refractivity contribution in [3.8, 4) is 5.75 Å². The molecule has 0 heterocycles. The third-order valence-electron chi connectivity index (χ3n) is 10.2. The minimum absolute atomic E-state index is 0.0543. The van der Waals surface area contributed by atoms with Crippen LogP contribution in [0.1, 0.15) is 89.8 Å². The zero-order chi connectivity index (χ0) is 28.7. The third-order valence-corrected chi connectivity index (χ3v) is 10.2. The van der Waals surface area contributed by atoms with Crippen LogP contribution in [0.15, 0.2) is 29.0 Å². The number of hydrogen-bond donors (Lipinski definition) is 4. The van der Waals surface area contributed by atoms with Crippen LogP contribution in [0, 0.1) is 28.6 Å². The second-order valence-electron chi connectivity index (χ2n) is 13.3. The Hall–Kier alpha value is -2.93. The van der Waals surface area contributed by atoms with Crippen LogP contribution in [0.4, 0.5) is 0 Å². The lowest BCUT2D eigenvalue weighted by Gasteiger charge is -2.59. The molecule has 0 radical (unpaired) electrons. The fourth-order valence-electron chi connectivity index (χ4n) is 8.62. The zero-order valence-corrected chi connectivity index (χ0v) is 23.6. The van der Waals surface area contributed by atoms with Gasteiger partial charge in [-0.25, -0.2) is 0 Å². The number of carbonyl (C=O) groups is 3. The van der Waals surface area contributed by atoms with Gasteiger partial charge in [0.05, 0.1) is 5.56 Å². The predicted molar refractivity (Wildman–Crippen MR) is 146 cm³/mol. The second kappa shape index (κ2) is 9.05. The number of Topliss-reactive ketones (excluding diaryl/α,β-unsaturated/α-hetero) is 3. The molecule has 7 nitrogen and oxygen atoms in total. The number of allylic oxidation sites excluding steroid dienone is 1. The maximum Gasteiger partial charge on any atom is 0.203 e. The van der Waals surface area contributed by atoms with Crippen LogP contribution in [0.3, 0.4) is 0 Å². The highest BCUT2D eigenvalue weighted by Gasteiger charge is 2.72. The number of hydrogen-bond acceptors (Lipinski definition) is 7. The molecule has 1 aromatic rings. The van der Waals surface area contributed by atoms with Crippen molar-refractivity contribution in [2.45, 2.75) is 91.6 Å². The smallest absolute Gasteiger partial charge is 0.203 e. The minimum atomic E-state index is -2.58. The highest BCUT2D eigenvalue weighted by Crippen LogP contribution is 2.65. The van der Waals surface area contributed by atoms with Gasteiger partial charge in [0, 0.05) is 22.3 Å². The number of rotatable bonds is 4. The SMILES string of the molecule is CC(=O)C1=C(O)[C@]2(O)C(=O)C3=C(O)c4c(ccc(CC5CCCCC5)c4O)C[C@]3(C)C[C@]2(C)C(C(C)C)C1=O. The lowest BCUT2D eigenvalue weighted by molar-refractivity contribution is -0.178. The van der Waals surface area contributed by atoms with Gasteiger partial charge in [-0.05, 0) is 49.1 Å². The molecule has 0 bridgehead atoms. The number of fused-ring (bicyclic) bond motifs is 3. The van der Waals surface area contributed by atoms with E-state index in [0.29, 0.717) is 29.9 Å². The van der Waals surface area contributed by atoms with Crippen molar-refractivity contribution in [2.24, 2.45) is 28.6 Å². The van der Waals surface area contributed by atoms with E-state index < -0.39 is 56.8 Å². The summed E-state index contributed by atoms with van der Waals surface area (Å²) in [6.45, 7) is 8.17. The number of benzene rings is 1. The number of aliphatic hydroxyl groups excluding tert-OH is 2. The molecule has 0 amide bonds. The summed E-state index contributed by atoms with van der Waals surface area (Å²) in [5.41, 5.74) is -4.02. The summed E-state index contributed by atoms with van der Waals surface area (Å²) in [6.07, 6.45) is 6.81. The molecule has 0 aliphatic heterocycles. The van der Waals surface area contributed by atoms with E-state index in [1.807, 2.05) is 19.1 Å². The van der Waals surface area contributed by atoms with Crippen LogP contribution in [0.25, 0.3) is 5.76 Å². The molecule has 0 aromatic heterocycles. The van der Waals surface area contributed by atoms with Crippen LogP contribution >= 0.6 is 0 Å². The Labute approximate surface area is 229 Å². The number of phenols is 1. The zero-order valence-electron chi connectivity index (χ0n) is 23.6. The van der Waals surface area contributed by atoms with Crippen LogP contribution in [0.5, 0.6) is 5.75 Å². The van der Waals surface area contributed by atoms with Crippen molar-refractivity contribution in [1.29, 1.82) is 0 Å². The maximum absolute atomic E-state index is 14.3. The van der Waals surface area contributed by atoms with Crippen molar-refractivity contribution in [3.63, 3.8) is 0 Å². The highest BCUT2D eigenvalue weighted by atomic mass is 16.3. The molecule has 0 spiro atoms. The lowest BCUT2D eigenvalue weighted by Crippen LogP contribution is -2.69. The van der Waals surface area contributed by atoms with Gasteiger partial charge in [0.2, 0.25) is 5.78 Å². The van der Waals surface area contributed by atoms with E-state index in [4.69, 9.17) is 0 Å². The van der Waals surface area contributed by atoms with Gasteiger partial charge in [0.1, 0.15) is 22.8 Å². The topological polar surface area (TPSA) is 132 Å². The van der Waals surface area contributed by atoms with Crippen molar-refractivity contribution < 1.29 is 34.8 Å². The van der Waals surface area contributed by atoms with Crippen LogP contribution < -0.4 is 0 Å². The first kappa shape index (κ1) is 27.6. The van der Waals surface area contributed by atoms with E-state index in [2.05, 4.69) is 0 Å². The molecule has 4 atom stereocenters. The molecular weight excluding hydrogens is 496 g/mol. The van der Waals surface area contributed by atoms with Crippen LogP contribution in [-0.2, 0) is 27.2 Å². The van der Waals surface area contributed by atoms with Crippen molar-refractivity contribution in [2.75, 3.05) is 0 Å². The van der Waals surface area contributed by atoms with E-state index >= 15 is 0 Å². The maximum atomic E-state index is 14.3. The van der Waals surface area contributed by atoms with Gasteiger partial charge in [-0.1, -0.05) is 71.9 Å². The molecule has 2 fully saturated rings. The summed E-state index contributed by atoms with van der Waals surface area (Å²) in [6, 6.07) is 3.80. The molecule has 0 saturated heterocycles. The average Bonchev–Trinajstić information content (AvgIpc) is 2.83. The Morgan fingerprint density at radius 2 is 1.69 bits per heavy atom. The van der Waals surface area contributed by atoms with Gasteiger partial charge < -0.3 is 20.4 Å². The van der Waals surface area contributed by atoms with Gasteiger partial charge in [0.25, 0.3) is 0 Å². The molecule has 210 valence electrons. The monoisotopic (exact) mass is 536 g/mol. The van der Waals surface area contributed by atoms with Gasteiger partial charge in [-0.2, -0.15) is 0 Å². The number of ketones is 3. The second-order valence-corrected chi connectivity index (χ2v) is 13.3. The van der Waals surface area contributed by atoms with E-state index in [9.17, 15) is 34.8 Å². The predicted octanol–water partition coefficient (Wildman–Crippen LogP) is 5.31. The Kier molecular flexibility index (Phi) is 6.41. The van der Waals surface area contributed by atoms with E-state index in [1.165, 1.54) is 6.42 Å². The van der Waals surface area contributed by atoms with E-state index in [-0.39, 0.29) is 29.2 Å². The summed E-state index contributed by atoms with van der Waals surface area (Å²) >= 11 is 0. The van der Waals surface area contributed by atoms with Crippen molar-refractivity contribution in [3.05, 3.63) is 45.7 Å². The minimum Gasteiger partial charge on any atom is -0.508 e. The standard InChI is InChI=1S/C32H40O7/c1-16(2)23-26(35)21(17(3)33)28(37)32(39)29(38)24-27(36)22-20(14-30(24,4)15-31(23,32)5)12-11-19(25(22)34)13-18-9-7-6-8-10-18/h11-12,16,18,23,34,36-37,39H,6-10,13-15H2,1-5H3/t23?,30-,31-,32+/m1/s1. The third kappa shape index (κ3) is 3.68. The summed E-state index contributed by atoms with van der Waals surface area (Å²) < 4.78 is 0. The van der Waals surface area contributed by atoms with Gasteiger partial charge in [0.15, 0.2) is 17.2 Å². The quantitative estimate of drug-likeness (QED) is 0.383. The molecule has 2 saturated carbocycles. The molecule has 4 N–H and O–H groups in total. The molecule has 1 aromatic carbocycles. The van der Waals surface area contributed by atoms with Crippen LogP contribution in [-0.4, -0.2) is 43.4 Å². The molecule has 39 heavy (non-hydrogen) atoms. The first-order chi connectivity index (χ1) is 18.2. The first-order valence-electron chi connectivity index (χ1n) is 14.2. The fourth-order valence-corrected chi connectivity index (χ4v) is 8.62. The van der Waals surface area contributed by atoms with E-state index in [0.717, 1.165) is 32.6 Å². The molecule has 7 heteroatoms. The van der Waals surface area contributed by atoms with Crippen LogP contribution in [0.2, 0.25) is 0 Å². The first-order valence-corrected chi connectivity index (χ1v) is 14.2. The molecule has 5 rings (SSSR count). The summed E-state index contributed by atoms with van der Waals surface area (Å²) in [5, 5.41) is 46.4. The largest absolute Gasteiger partial charge is 0.508 e. The molecule has 1 unspecified atom stereocenters. The summed E-state index contributed by atoms with van der Waals surface area (Å²) in [4.78, 5) is 40.4. The summed E-state index contributed by atoms with van der Waals surface area (Å²) in [5.74, 6) is -4.42. The fraction of sp³-hybridized carbons (Fsp3) is 0.594. The average molecular weight is 537 g/mol. The Morgan fingerprint density at radius 3 is 2.28 bits per heavy atom. The number of aliphatic hydroxyl groups is 3. The normalized spacial score (nSPS) is 33.3. The van der Waals surface area contributed by atoms with Gasteiger partial charge >= 0.3 is 0 Å². The van der Waals surface area contributed by atoms with Crippen molar-refractivity contribution >= 4 is 23.1 Å². The van der Waals surface area contributed by atoms with Gasteiger partial charge in [-0.3, -0.25) is 14.4 Å². The number of phenolic OH excluding ortho intramolecular Hbond substituents is 1. The highest BCUT2D eigenvalue weighted by molar-refractivity contribution is 6.24. The Morgan fingerprint density at radius 1 is 1.05 bits per heavy atom. The Balaban J connectivity index is 1.70. The molecular formula is C32H40O7. The van der Waals surface area contributed by atoms with Crippen molar-refractivity contribution in [1.82, 2.24) is 0 Å². The number of carbonyl (C=O) groups excluding carboxylic acids is 3. The molecule has 4 aliphatic rings. The summed E-state index contributed by atoms with van der Waals surface area (Å²) in [7, 11) is 0. The molecule has 4 aliphatic carbocycles. The lowest BCUT2D eigenvalue weighted by atomic mass is 9.43. The number of aromatic hydroxyl groups is 1.